The molecule has 0 saturated carbocycles. The molecule has 3 nitrogen and oxygen atoms in total. The molecule has 0 unspecified atom stereocenters. The van der Waals surface area contributed by atoms with Gasteiger partial charge in [0.15, 0.2) is 5.96 Å². The van der Waals surface area contributed by atoms with Crippen LogP contribution in [0, 0.1) is 0 Å². The average Bonchev–Trinajstić information content (AvgIpc) is 3.08. The Labute approximate surface area is 159 Å². The third-order valence-corrected chi connectivity index (χ3v) is 5.63. The molecular weight excluding hydrogens is 481 g/mol. The maximum Gasteiger partial charge on any atom is 0.191 e. The quantitative estimate of drug-likeness (QED) is 0.358. The summed E-state index contributed by atoms with van der Waals surface area (Å²) in [5, 5.41) is 6.67. The highest BCUT2D eigenvalue weighted by Crippen LogP contribution is 2.21. The minimum absolute atomic E-state index is 0. The molecule has 0 atom stereocenters. The van der Waals surface area contributed by atoms with Crippen molar-refractivity contribution in [3.63, 3.8) is 0 Å². The Hall–Kier alpha value is -0.120. The van der Waals surface area contributed by atoms with Gasteiger partial charge in [0.2, 0.25) is 0 Å². The van der Waals surface area contributed by atoms with Crippen molar-refractivity contribution in [2.75, 3.05) is 7.05 Å². The van der Waals surface area contributed by atoms with Crippen LogP contribution >= 0.6 is 62.6 Å². The molecule has 0 aliphatic carbocycles. The van der Waals surface area contributed by atoms with Gasteiger partial charge >= 0.3 is 0 Å². The van der Waals surface area contributed by atoms with Gasteiger partial charge in [0.1, 0.15) is 0 Å². The second-order valence-electron chi connectivity index (χ2n) is 4.21. The molecule has 0 aliphatic rings. The fraction of sp³-hybridized carbons (Fsp3) is 0.357. The molecule has 7 heteroatoms. The van der Waals surface area contributed by atoms with Crippen molar-refractivity contribution in [3.8, 4) is 0 Å². The van der Waals surface area contributed by atoms with Crippen molar-refractivity contribution in [2.24, 2.45) is 4.99 Å². The van der Waals surface area contributed by atoms with Gasteiger partial charge in [-0.25, -0.2) is 0 Å². The van der Waals surface area contributed by atoms with Crippen LogP contribution in [0.25, 0.3) is 0 Å². The number of aryl methyl sites for hydroxylation is 1. The molecule has 116 valence electrons. The number of aliphatic imine (C=N–C) groups is 1. The van der Waals surface area contributed by atoms with Crippen LogP contribution in [0.2, 0.25) is 0 Å². The lowest BCUT2D eigenvalue weighted by Gasteiger charge is -2.10. The summed E-state index contributed by atoms with van der Waals surface area (Å²) >= 11 is 7.06. The molecule has 2 N–H and O–H groups in total. The molecule has 0 fully saturated rings. The smallest absolute Gasteiger partial charge is 0.191 e. The number of hydrogen-bond donors (Lipinski definition) is 2. The van der Waals surface area contributed by atoms with Crippen molar-refractivity contribution in [1.29, 1.82) is 0 Å². The molecule has 2 aromatic heterocycles. The zero-order valence-corrected chi connectivity index (χ0v) is 17.5. The number of guanidine groups is 1. The second kappa shape index (κ2) is 9.81. The van der Waals surface area contributed by atoms with Crippen LogP contribution in [-0.2, 0) is 19.5 Å². The summed E-state index contributed by atoms with van der Waals surface area (Å²) in [6, 6.07) is 8.55. The maximum atomic E-state index is 4.24. The lowest BCUT2D eigenvalue weighted by Crippen LogP contribution is -2.35. The Balaban J connectivity index is 0.00000220. The molecular formula is C14H19BrIN3S2. The number of thiophene rings is 2. The largest absolute Gasteiger partial charge is 0.352 e. The first kappa shape index (κ1) is 18.9. The monoisotopic (exact) mass is 499 g/mol. The molecule has 21 heavy (non-hydrogen) atoms. The second-order valence-corrected chi connectivity index (χ2v) is 8.01. The zero-order chi connectivity index (χ0) is 14.4. The molecule has 0 saturated heterocycles. The van der Waals surface area contributed by atoms with Crippen molar-refractivity contribution in [3.05, 3.63) is 42.7 Å². The third kappa shape index (κ3) is 6.25. The average molecular weight is 500 g/mol. The Bertz CT molecular complexity index is 580. The van der Waals surface area contributed by atoms with Gasteiger partial charge in [-0.15, -0.1) is 46.7 Å². The predicted octanol–water partition coefficient (Wildman–Crippen LogP) is 4.62. The fourth-order valence-corrected chi connectivity index (χ4v) is 4.04. The van der Waals surface area contributed by atoms with E-state index < -0.39 is 0 Å². The van der Waals surface area contributed by atoms with Crippen molar-refractivity contribution < 1.29 is 0 Å². The Morgan fingerprint density at radius 3 is 2.10 bits per heavy atom. The summed E-state index contributed by atoms with van der Waals surface area (Å²) in [5.41, 5.74) is 0. The number of nitrogens with zero attached hydrogens (tertiary/aromatic N) is 1. The van der Waals surface area contributed by atoms with Gasteiger partial charge in [-0.2, -0.15) is 0 Å². The highest BCUT2D eigenvalue weighted by atomic mass is 127. The summed E-state index contributed by atoms with van der Waals surface area (Å²) in [4.78, 5) is 8.29. The summed E-state index contributed by atoms with van der Waals surface area (Å²) < 4.78 is 1.16. The van der Waals surface area contributed by atoms with Gasteiger partial charge in [-0.1, -0.05) is 6.92 Å². The molecule has 0 spiro atoms. The third-order valence-electron chi connectivity index (χ3n) is 2.78. The van der Waals surface area contributed by atoms with Crippen LogP contribution in [0.4, 0.5) is 0 Å². The molecule has 0 aromatic carbocycles. The van der Waals surface area contributed by atoms with Crippen LogP contribution in [0.3, 0.4) is 0 Å². The number of nitrogens with one attached hydrogen (secondary N) is 2. The van der Waals surface area contributed by atoms with Gasteiger partial charge in [-0.3, -0.25) is 4.99 Å². The zero-order valence-electron chi connectivity index (χ0n) is 12.0. The summed E-state index contributed by atoms with van der Waals surface area (Å²) in [6.45, 7) is 3.79. The topological polar surface area (TPSA) is 36.4 Å². The highest BCUT2D eigenvalue weighted by molar-refractivity contribution is 14.0. The van der Waals surface area contributed by atoms with E-state index in [2.05, 4.69) is 62.7 Å². The van der Waals surface area contributed by atoms with Gasteiger partial charge in [-0.05, 0) is 46.6 Å². The Morgan fingerprint density at radius 2 is 1.62 bits per heavy atom. The SMILES string of the molecule is CCc1ccc(CNC(=NC)NCc2ccc(Br)s2)s1.I. The van der Waals surface area contributed by atoms with E-state index in [1.807, 2.05) is 11.3 Å². The molecule has 0 radical (unpaired) electrons. The van der Waals surface area contributed by atoms with Crippen LogP contribution < -0.4 is 10.6 Å². The normalized spacial score (nSPS) is 11.1. The molecule has 2 rings (SSSR count). The van der Waals surface area contributed by atoms with E-state index in [9.17, 15) is 0 Å². The van der Waals surface area contributed by atoms with Crippen LogP contribution in [-0.4, -0.2) is 13.0 Å². The first-order valence-electron chi connectivity index (χ1n) is 6.47. The van der Waals surface area contributed by atoms with Crippen LogP contribution in [0.1, 0.15) is 21.6 Å². The Morgan fingerprint density at radius 1 is 1.05 bits per heavy atom. The van der Waals surface area contributed by atoms with Gasteiger partial charge in [0.25, 0.3) is 0 Å². The molecule has 2 aromatic rings. The lowest BCUT2D eigenvalue weighted by atomic mass is 10.3. The summed E-state index contributed by atoms with van der Waals surface area (Å²) in [6.07, 6.45) is 1.10. The van der Waals surface area contributed by atoms with E-state index in [-0.39, 0.29) is 24.0 Å². The number of hydrogen-bond acceptors (Lipinski definition) is 3. The van der Waals surface area contributed by atoms with E-state index in [0.717, 1.165) is 29.3 Å². The minimum Gasteiger partial charge on any atom is -0.352 e. The number of rotatable bonds is 5. The lowest BCUT2D eigenvalue weighted by molar-refractivity contribution is 0.822. The summed E-state index contributed by atoms with van der Waals surface area (Å²) in [7, 11) is 1.80. The minimum atomic E-state index is 0. The molecule has 0 amide bonds. The standard InChI is InChI=1S/C14H18BrN3S2.HI/c1-3-10-4-5-11(19-10)8-17-14(16-2)18-9-12-6-7-13(15)20-12;/h4-7H,3,8-9H2,1-2H3,(H2,16,17,18);1H. The Kier molecular flexibility index (Phi) is 8.84. The van der Waals surface area contributed by atoms with E-state index in [0.29, 0.717) is 0 Å². The van der Waals surface area contributed by atoms with E-state index in [1.165, 1.54) is 14.6 Å². The van der Waals surface area contributed by atoms with Crippen molar-refractivity contribution in [2.45, 2.75) is 26.4 Å². The van der Waals surface area contributed by atoms with Gasteiger partial charge < -0.3 is 10.6 Å². The maximum absolute atomic E-state index is 4.24. The van der Waals surface area contributed by atoms with Crippen molar-refractivity contribution in [1.82, 2.24) is 10.6 Å². The highest BCUT2D eigenvalue weighted by Gasteiger charge is 2.02. The van der Waals surface area contributed by atoms with Crippen LogP contribution in [0.5, 0.6) is 0 Å². The molecule has 0 bridgehead atoms. The van der Waals surface area contributed by atoms with Gasteiger partial charge in [0, 0.05) is 21.7 Å². The number of halogens is 2. The molecule has 0 aliphatic heterocycles. The molecule has 2 heterocycles. The fourth-order valence-electron chi connectivity index (χ4n) is 1.72. The first-order valence-corrected chi connectivity index (χ1v) is 8.90. The predicted molar refractivity (Wildman–Crippen MR) is 108 cm³/mol. The van der Waals surface area contributed by atoms with Crippen molar-refractivity contribution >= 4 is 68.5 Å². The van der Waals surface area contributed by atoms with Crippen LogP contribution in [0.15, 0.2) is 33.0 Å². The van der Waals surface area contributed by atoms with E-state index in [4.69, 9.17) is 0 Å². The van der Waals surface area contributed by atoms with Gasteiger partial charge in [0.05, 0.1) is 16.9 Å². The van der Waals surface area contributed by atoms with E-state index in [1.54, 1.807) is 18.4 Å². The van der Waals surface area contributed by atoms with E-state index >= 15 is 0 Å². The summed E-state index contributed by atoms with van der Waals surface area (Å²) in [5.74, 6) is 0.834. The first-order chi connectivity index (χ1) is 9.71.